The lowest BCUT2D eigenvalue weighted by molar-refractivity contribution is -0.137. The maximum absolute atomic E-state index is 12.8. The van der Waals surface area contributed by atoms with E-state index in [-0.39, 0.29) is 18.4 Å². The molecule has 1 N–H and O–H groups in total. The zero-order chi connectivity index (χ0) is 20.6. The van der Waals surface area contributed by atoms with E-state index in [0.717, 1.165) is 16.8 Å². The Kier molecular flexibility index (Phi) is 4.79. The lowest BCUT2D eigenvalue weighted by atomic mass is 10.2. The van der Waals surface area contributed by atoms with Crippen molar-refractivity contribution in [3.8, 4) is 0 Å². The van der Waals surface area contributed by atoms with Gasteiger partial charge in [-0.1, -0.05) is 12.1 Å². The van der Waals surface area contributed by atoms with Crippen LogP contribution in [0.2, 0.25) is 0 Å². The lowest BCUT2D eigenvalue weighted by Crippen LogP contribution is -2.33. The number of carbonyl (C=O) groups excluding carboxylic acids is 1. The number of hydrogen-bond acceptors (Lipinski definition) is 5. The molecular formula is C19H13F3N4O2S. The maximum atomic E-state index is 12.8. The summed E-state index contributed by atoms with van der Waals surface area (Å²) in [7, 11) is 0. The van der Waals surface area contributed by atoms with Crippen LogP contribution in [0.4, 0.5) is 13.2 Å². The average Bonchev–Trinajstić information content (AvgIpc) is 3.10. The van der Waals surface area contributed by atoms with Gasteiger partial charge in [0.05, 0.1) is 31.7 Å². The van der Waals surface area contributed by atoms with E-state index in [1.165, 1.54) is 23.7 Å². The number of rotatable bonds is 4. The lowest BCUT2D eigenvalue weighted by Gasteiger charge is -2.07. The van der Waals surface area contributed by atoms with E-state index in [4.69, 9.17) is 0 Å². The van der Waals surface area contributed by atoms with Crippen molar-refractivity contribution in [3.63, 3.8) is 0 Å². The van der Waals surface area contributed by atoms with Crippen LogP contribution in [0.3, 0.4) is 0 Å². The zero-order valence-electron chi connectivity index (χ0n) is 14.7. The number of hydrogen-bond donors (Lipinski definition) is 1. The first kappa shape index (κ1) is 19.1. The third-order valence-corrected chi connectivity index (χ3v) is 5.33. The molecule has 2 heterocycles. The number of amides is 1. The molecule has 29 heavy (non-hydrogen) atoms. The Balaban J connectivity index is 1.46. The van der Waals surface area contributed by atoms with Gasteiger partial charge >= 0.3 is 6.18 Å². The number of carbonyl (C=O) groups is 1. The third-order valence-electron chi connectivity index (χ3n) is 4.24. The molecule has 0 bridgehead atoms. The molecule has 2 aromatic carbocycles. The van der Waals surface area contributed by atoms with Gasteiger partial charge in [-0.25, -0.2) is 14.6 Å². The molecule has 0 aliphatic heterocycles. The van der Waals surface area contributed by atoms with Crippen LogP contribution in [-0.2, 0) is 17.4 Å². The van der Waals surface area contributed by atoms with Gasteiger partial charge < -0.3 is 0 Å². The first-order valence-corrected chi connectivity index (χ1v) is 9.36. The highest BCUT2D eigenvalue weighted by Crippen LogP contribution is 2.33. The Hall–Kier alpha value is -3.27. The van der Waals surface area contributed by atoms with Crippen molar-refractivity contribution >= 4 is 38.4 Å². The van der Waals surface area contributed by atoms with Crippen molar-refractivity contribution in [2.45, 2.75) is 19.0 Å². The fraction of sp³-hybridized carbons (Fsp3) is 0.158. The van der Waals surface area contributed by atoms with Gasteiger partial charge in [0.1, 0.15) is 6.33 Å². The second-order valence-corrected chi connectivity index (χ2v) is 7.37. The van der Waals surface area contributed by atoms with Crippen molar-refractivity contribution in [3.05, 3.63) is 69.7 Å². The van der Waals surface area contributed by atoms with Gasteiger partial charge in [0.25, 0.3) is 5.56 Å². The molecule has 0 atom stereocenters. The molecule has 0 fully saturated rings. The summed E-state index contributed by atoms with van der Waals surface area (Å²) in [5.74, 6) is -0.431. The molecule has 6 nitrogen and oxygen atoms in total. The number of para-hydroxylation sites is 1. The van der Waals surface area contributed by atoms with Crippen LogP contribution in [0.15, 0.2) is 53.6 Å². The predicted octanol–water partition coefficient (Wildman–Crippen LogP) is 3.73. The number of nitrogens with one attached hydrogen (secondary N) is 1. The van der Waals surface area contributed by atoms with Crippen LogP contribution >= 0.6 is 11.3 Å². The molecule has 0 saturated heterocycles. The predicted molar refractivity (Wildman–Crippen MR) is 103 cm³/mol. The molecule has 10 heteroatoms. The van der Waals surface area contributed by atoms with E-state index >= 15 is 0 Å². The van der Waals surface area contributed by atoms with E-state index in [0.29, 0.717) is 20.6 Å². The van der Waals surface area contributed by atoms with Crippen LogP contribution < -0.4 is 11.0 Å². The summed E-state index contributed by atoms with van der Waals surface area (Å²) in [4.78, 5) is 32.9. The van der Waals surface area contributed by atoms with Crippen LogP contribution in [0, 0.1) is 0 Å². The molecule has 0 unspecified atom stereocenters. The molecule has 4 aromatic rings. The summed E-state index contributed by atoms with van der Waals surface area (Å²) < 4.78 is 40.0. The Labute approximate surface area is 165 Å². The fourth-order valence-corrected chi connectivity index (χ4v) is 3.77. The van der Waals surface area contributed by atoms with Gasteiger partial charge in [-0.15, -0.1) is 11.3 Å². The minimum absolute atomic E-state index is 0.0191. The maximum Gasteiger partial charge on any atom is 0.416 e. The first-order chi connectivity index (χ1) is 13.8. The monoisotopic (exact) mass is 418 g/mol. The molecule has 0 spiro atoms. The minimum Gasteiger partial charge on any atom is -0.273 e. The summed E-state index contributed by atoms with van der Waals surface area (Å²) in [6, 6.07) is 10.2. The molecular weight excluding hydrogens is 405 g/mol. The van der Waals surface area contributed by atoms with Crippen molar-refractivity contribution < 1.29 is 18.0 Å². The summed E-state index contributed by atoms with van der Waals surface area (Å²) >= 11 is 1.23. The van der Waals surface area contributed by atoms with Crippen LogP contribution in [0.25, 0.3) is 21.1 Å². The van der Waals surface area contributed by atoms with Gasteiger partial charge in [0.15, 0.2) is 0 Å². The highest BCUT2D eigenvalue weighted by Gasteiger charge is 2.30. The van der Waals surface area contributed by atoms with Crippen molar-refractivity contribution in [2.24, 2.45) is 0 Å². The van der Waals surface area contributed by atoms with E-state index in [9.17, 15) is 22.8 Å². The highest BCUT2D eigenvalue weighted by molar-refractivity contribution is 7.18. The summed E-state index contributed by atoms with van der Waals surface area (Å²) in [6.45, 7) is 0. The van der Waals surface area contributed by atoms with E-state index < -0.39 is 23.2 Å². The van der Waals surface area contributed by atoms with Crippen LogP contribution in [0.1, 0.15) is 17.0 Å². The Morgan fingerprint density at radius 2 is 1.93 bits per heavy atom. The molecule has 0 radical (unpaired) electrons. The van der Waals surface area contributed by atoms with Gasteiger partial charge in [-0.3, -0.25) is 15.0 Å². The standard InChI is InChI=1S/C19H13F3N4O2S/c20-19(21,22)11-5-6-15-14(9-11)24-17(29-15)8-7-16(27)25-26-10-23-13-4-2-1-3-12(13)18(26)28/h1-6,9-10H,7-8H2,(H,25,27). The third kappa shape index (κ3) is 3.97. The molecule has 1 amide bonds. The molecule has 0 saturated carbocycles. The van der Waals surface area contributed by atoms with E-state index in [2.05, 4.69) is 15.4 Å². The van der Waals surface area contributed by atoms with Crippen LogP contribution in [-0.4, -0.2) is 20.6 Å². The number of halogens is 3. The average molecular weight is 418 g/mol. The normalized spacial score (nSPS) is 11.8. The Morgan fingerprint density at radius 3 is 2.72 bits per heavy atom. The molecule has 148 valence electrons. The molecule has 0 aliphatic carbocycles. The second-order valence-electron chi connectivity index (χ2n) is 6.26. The first-order valence-electron chi connectivity index (χ1n) is 8.54. The van der Waals surface area contributed by atoms with Crippen molar-refractivity contribution in [1.82, 2.24) is 14.6 Å². The number of benzene rings is 2. The number of thiazole rings is 1. The molecule has 4 rings (SSSR count). The second kappa shape index (κ2) is 7.28. The topological polar surface area (TPSA) is 76.9 Å². The quantitative estimate of drug-likeness (QED) is 0.548. The van der Waals surface area contributed by atoms with Crippen molar-refractivity contribution in [2.75, 3.05) is 5.43 Å². The zero-order valence-corrected chi connectivity index (χ0v) is 15.5. The Morgan fingerprint density at radius 1 is 1.14 bits per heavy atom. The van der Waals surface area contributed by atoms with Crippen molar-refractivity contribution in [1.29, 1.82) is 0 Å². The van der Waals surface area contributed by atoms with Gasteiger partial charge in [0, 0.05) is 12.8 Å². The summed E-state index contributed by atoms with van der Waals surface area (Å²) in [5, 5.41) is 0.917. The largest absolute Gasteiger partial charge is 0.416 e. The van der Waals surface area contributed by atoms with Crippen LogP contribution in [0.5, 0.6) is 0 Å². The number of alkyl halides is 3. The fourth-order valence-electron chi connectivity index (χ4n) is 2.82. The number of aromatic nitrogens is 3. The smallest absolute Gasteiger partial charge is 0.273 e. The number of nitrogens with zero attached hydrogens (tertiary/aromatic N) is 3. The highest BCUT2D eigenvalue weighted by atomic mass is 32.1. The Bertz CT molecular complexity index is 1280. The van der Waals surface area contributed by atoms with Gasteiger partial charge in [-0.2, -0.15) is 13.2 Å². The molecule has 0 aliphatic rings. The summed E-state index contributed by atoms with van der Waals surface area (Å²) in [5.41, 5.74) is 2.07. The van der Waals surface area contributed by atoms with E-state index in [1.54, 1.807) is 24.3 Å². The molecule has 2 aromatic heterocycles. The summed E-state index contributed by atoms with van der Waals surface area (Å²) in [6.07, 6.45) is -2.94. The number of aryl methyl sites for hydroxylation is 1. The van der Waals surface area contributed by atoms with E-state index in [1.807, 2.05) is 0 Å². The minimum atomic E-state index is -4.43. The SMILES string of the molecule is O=C(CCc1nc2cc(C(F)(F)F)ccc2s1)Nn1cnc2ccccc2c1=O. The van der Waals surface area contributed by atoms with Gasteiger partial charge in [0.2, 0.25) is 5.91 Å². The number of fused-ring (bicyclic) bond motifs is 2. The van der Waals surface area contributed by atoms with Gasteiger partial charge in [-0.05, 0) is 30.3 Å².